The summed E-state index contributed by atoms with van der Waals surface area (Å²) in [4.78, 5) is 2.47. The van der Waals surface area contributed by atoms with Crippen molar-refractivity contribution in [3.8, 4) is 11.1 Å². The van der Waals surface area contributed by atoms with Crippen molar-refractivity contribution in [1.82, 2.24) is 0 Å². The molecule has 9 rings (SSSR count). The maximum absolute atomic E-state index is 2.47. The molecule has 0 aliphatic rings. The lowest BCUT2D eigenvalue weighted by molar-refractivity contribution is 1.31. The van der Waals surface area contributed by atoms with E-state index in [1.54, 1.807) is 0 Å². The van der Waals surface area contributed by atoms with E-state index in [2.05, 4.69) is 157 Å². The molecule has 0 amide bonds. The van der Waals surface area contributed by atoms with Crippen LogP contribution in [0.5, 0.6) is 0 Å². The van der Waals surface area contributed by atoms with Crippen LogP contribution in [0.2, 0.25) is 0 Å². The molecule has 0 aliphatic carbocycles. The number of nitrogens with zero attached hydrogens (tertiary/aromatic N) is 1. The van der Waals surface area contributed by atoms with Crippen molar-refractivity contribution in [3.63, 3.8) is 0 Å². The lowest BCUT2D eigenvalue weighted by atomic mass is 9.96. The van der Waals surface area contributed by atoms with Gasteiger partial charge < -0.3 is 4.90 Å². The van der Waals surface area contributed by atoms with E-state index in [4.69, 9.17) is 0 Å². The molecule has 0 aliphatic heterocycles. The number of hydrogen-bond acceptors (Lipinski definition) is 3. The first-order valence-electron chi connectivity index (χ1n) is 14.5. The fourth-order valence-corrected chi connectivity index (χ4v) is 8.78. The van der Waals surface area contributed by atoms with E-state index in [1.807, 2.05) is 22.7 Å². The van der Waals surface area contributed by atoms with E-state index >= 15 is 0 Å². The van der Waals surface area contributed by atoms with E-state index in [-0.39, 0.29) is 0 Å². The van der Waals surface area contributed by atoms with Gasteiger partial charge in [0.2, 0.25) is 0 Å². The minimum Gasteiger partial charge on any atom is -0.309 e. The van der Waals surface area contributed by atoms with Crippen LogP contribution < -0.4 is 4.90 Å². The van der Waals surface area contributed by atoms with Gasteiger partial charge in [0, 0.05) is 57.0 Å². The molecule has 0 radical (unpaired) electrons. The van der Waals surface area contributed by atoms with E-state index in [0.29, 0.717) is 0 Å². The Labute approximate surface area is 257 Å². The van der Waals surface area contributed by atoms with Crippen LogP contribution >= 0.6 is 22.7 Å². The second kappa shape index (κ2) is 9.81. The first-order chi connectivity index (χ1) is 21.3. The zero-order valence-corrected chi connectivity index (χ0v) is 24.8. The van der Waals surface area contributed by atoms with Crippen molar-refractivity contribution in [1.29, 1.82) is 0 Å². The SMILES string of the molecule is c1ccc(N(c2ccc3sc4ccccc4c3c2)c2cccc3ccccc23)c(-c2cccc3sc4ccccc4c23)c1. The summed E-state index contributed by atoms with van der Waals surface area (Å²) in [5.74, 6) is 0. The van der Waals surface area contributed by atoms with Crippen molar-refractivity contribution in [2.24, 2.45) is 0 Å². The zero-order chi connectivity index (χ0) is 28.3. The van der Waals surface area contributed by atoms with E-state index in [9.17, 15) is 0 Å². The molecule has 43 heavy (non-hydrogen) atoms. The van der Waals surface area contributed by atoms with Gasteiger partial charge in [-0.25, -0.2) is 0 Å². The number of rotatable bonds is 4. The lowest BCUT2D eigenvalue weighted by Gasteiger charge is -2.29. The predicted molar refractivity (Wildman–Crippen MR) is 190 cm³/mol. The Balaban J connectivity index is 1.36. The summed E-state index contributed by atoms with van der Waals surface area (Å²) in [6.07, 6.45) is 0. The third-order valence-electron chi connectivity index (χ3n) is 8.46. The van der Waals surface area contributed by atoms with Gasteiger partial charge >= 0.3 is 0 Å². The quantitative estimate of drug-likeness (QED) is 0.199. The molecule has 0 unspecified atom stereocenters. The minimum absolute atomic E-state index is 1.15. The van der Waals surface area contributed by atoms with Gasteiger partial charge in [-0.05, 0) is 59.5 Å². The number of anilines is 3. The summed E-state index contributed by atoms with van der Waals surface area (Å²) in [5.41, 5.74) is 5.98. The molecule has 0 bridgehead atoms. The first-order valence-corrected chi connectivity index (χ1v) is 16.2. The Morgan fingerprint density at radius 2 is 0.953 bits per heavy atom. The molecule has 7 aromatic carbocycles. The molecular formula is C40H25NS2. The molecule has 3 heteroatoms. The number of para-hydroxylation sites is 1. The van der Waals surface area contributed by atoms with Gasteiger partial charge in [0.05, 0.1) is 11.4 Å². The molecule has 0 N–H and O–H groups in total. The summed E-state index contributed by atoms with van der Waals surface area (Å²) < 4.78 is 5.27. The van der Waals surface area contributed by atoms with Gasteiger partial charge in [-0.15, -0.1) is 22.7 Å². The fraction of sp³-hybridized carbons (Fsp3) is 0. The van der Waals surface area contributed by atoms with Crippen LogP contribution in [-0.4, -0.2) is 0 Å². The molecular weight excluding hydrogens is 559 g/mol. The Bertz CT molecular complexity index is 2480. The van der Waals surface area contributed by atoms with E-state index in [0.717, 1.165) is 5.69 Å². The van der Waals surface area contributed by atoms with Gasteiger partial charge in [0.1, 0.15) is 0 Å². The van der Waals surface area contributed by atoms with Crippen LogP contribution in [0.4, 0.5) is 17.1 Å². The second-order valence-electron chi connectivity index (χ2n) is 10.9. The number of thiophene rings is 2. The monoisotopic (exact) mass is 583 g/mol. The summed E-state index contributed by atoms with van der Waals surface area (Å²) in [6, 6.07) is 55.5. The van der Waals surface area contributed by atoms with E-state index < -0.39 is 0 Å². The Morgan fingerprint density at radius 1 is 0.372 bits per heavy atom. The Hall–Kier alpha value is -4.96. The first kappa shape index (κ1) is 24.6. The van der Waals surface area contributed by atoms with Gasteiger partial charge in [0.15, 0.2) is 0 Å². The third-order valence-corrected chi connectivity index (χ3v) is 10.8. The maximum Gasteiger partial charge on any atom is 0.0540 e. The molecule has 1 nitrogen and oxygen atoms in total. The van der Waals surface area contributed by atoms with Gasteiger partial charge in [0.25, 0.3) is 0 Å². The predicted octanol–water partition coefficient (Wildman–Crippen LogP) is 12.7. The van der Waals surface area contributed by atoms with Gasteiger partial charge in [-0.1, -0.05) is 103 Å². The molecule has 9 aromatic rings. The number of hydrogen-bond donors (Lipinski definition) is 0. The van der Waals surface area contributed by atoms with Gasteiger partial charge in [-0.2, -0.15) is 0 Å². The number of fused-ring (bicyclic) bond motifs is 7. The lowest BCUT2D eigenvalue weighted by Crippen LogP contribution is -2.11. The van der Waals surface area contributed by atoms with Crippen molar-refractivity contribution in [2.45, 2.75) is 0 Å². The average molecular weight is 584 g/mol. The van der Waals surface area contributed by atoms with Crippen LogP contribution in [0.3, 0.4) is 0 Å². The smallest absolute Gasteiger partial charge is 0.0540 e. The highest BCUT2D eigenvalue weighted by Gasteiger charge is 2.21. The fourth-order valence-electron chi connectivity index (χ4n) is 6.56. The molecule has 0 atom stereocenters. The third kappa shape index (κ3) is 3.90. The standard InChI is InChI=1S/C40H25NS2/c1-2-13-28-26(11-1)12-9-19-34(28)41(27-23-24-38-33(25-27)30-15-4-7-20-36(30)42-38)35-18-6-3-14-29(35)31-17-10-22-39-40(31)32-16-5-8-21-37(32)43-39/h1-25H. The molecule has 2 heterocycles. The van der Waals surface area contributed by atoms with Crippen LogP contribution in [0.25, 0.3) is 62.2 Å². The zero-order valence-electron chi connectivity index (χ0n) is 23.2. The topological polar surface area (TPSA) is 3.24 Å². The summed E-state index contributed by atoms with van der Waals surface area (Å²) >= 11 is 3.73. The van der Waals surface area contributed by atoms with Crippen molar-refractivity contribution in [3.05, 3.63) is 152 Å². The van der Waals surface area contributed by atoms with Crippen LogP contribution in [0.1, 0.15) is 0 Å². The van der Waals surface area contributed by atoms with Crippen LogP contribution in [0, 0.1) is 0 Å². The molecule has 0 saturated carbocycles. The molecule has 0 spiro atoms. The molecule has 0 saturated heterocycles. The average Bonchev–Trinajstić information content (AvgIpc) is 3.64. The molecule has 202 valence electrons. The maximum atomic E-state index is 2.47. The second-order valence-corrected chi connectivity index (χ2v) is 13.1. The summed E-state index contributed by atoms with van der Waals surface area (Å²) in [6.45, 7) is 0. The highest BCUT2D eigenvalue weighted by atomic mass is 32.1. The highest BCUT2D eigenvalue weighted by Crippen LogP contribution is 2.48. The van der Waals surface area contributed by atoms with Crippen LogP contribution in [-0.2, 0) is 0 Å². The number of benzene rings is 7. The normalized spacial score (nSPS) is 11.7. The summed E-state index contributed by atoms with van der Waals surface area (Å²) in [5, 5.41) is 7.71. The Kier molecular flexibility index (Phi) is 5.62. The Morgan fingerprint density at radius 3 is 1.86 bits per heavy atom. The van der Waals surface area contributed by atoms with Crippen molar-refractivity contribution in [2.75, 3.05) is 4.90 Å². The highest BCUT2D eigenvalue weighted by molar-refractivity contribution is 7.26. The van der Waals surface area contributed by atoms with E-state index in [1.165, 1.54) is 73.6 Å². The van der Waals surface area contributed by atoms with Crippen LogP contribution in [0.15, 0.2) is 152 Å². The summed E-state index contributed by atoms with van der Waals surface area (Å²) in [7, 11) is 0. The molecule has 2 aromatic heterocycles. The largest absolute Gasteiger partial charge is 0.309 e. The van der Waals surface area contributed by atoms with Crippen molar-refractivity contribution >= 4 is 90.9 Å². The minimum atomic E-state index is 1.15. The molecule has 0 fully saturated rings. The van der Waals surface area contributed by atoms with Gasteiger partial charge in [-0.3, -0.25) is 0 Å². The van der Waals surface area contributed by atoms with Crippen molar-refractivity contribution < 1.29 is 0 Å².